The molecule has 0 radical (unpaired) electrons. The quantitative estimate of drug-likeness (QED) is 0.169. The topological polar surface area (TPSA) is 86.9 Å². The molecule has 48 heavy (non-hydrogen) atoms. The lowest BCUT2D eigenvalue weighted by Crippen LogP contribution is -2.59. The molecule has 4 aliphatic rings. The van der Waals surface area contributed by atoms with Crippen molar-refractivity contribution in [2.75, 3.05) is 37.7 Å². The number of alkyl halides is 2. The zero-order chi connectivity index (χ0) is 33.1. The van der Waals surface area contributed by atoms with Gasteiger partial charge in [-0.1, -0.05) is 12.0 Å². The summed E-state index contributed by atoms with van der Waals surface area (Å²) < 4.78 is 73.6. The van der Waals surface area contributed by atoms with E-state index in [0.29, 0.717) is 53.8 Å². The van der Waals surface area contributed by atoms with E-state index in [1.165, 1.54) is 24.3 Å². The first kappa shape index (κ1) is 29.5. The highest BCUT2D eigenvalue weighted by Gasteiger charge is 2.60. The van der Waals surface area contributed by atoms with Crippen LogP contribution in [0.15, 0.2) is 34.7 Å². The largest absolute Gasteiger partial charge is 0.508 e. The van der Waals surface area contributed by atoms with Crippen LogP contribution in [0, 0.1) is 30.9 Å². The molecule has 2 N–H and O–H groups in total. The highest BCUT2D eigenvalue weighted by atomic mass is 19.3. The number of rotatable bonds is 5. The van der Waals surface area contributed by atoms with Crippen LogP contribution in [0.25, 0.3) is 43.8 Å². The van der Waals surface area contributed by atoms with Gasteiger partial charge in [-0.3, -0.25) is 4.90 Å². The Morgan fingerprint density at radius 1 is 1.12 bits per heavy atom. The molecule has 4 aliphatic heterocycles. The summed E-state index contributed by atoms with van der Waals surface area (Å²) in [6.45, 7) is 3.15. The van der Waals surface area contributed by atoms with E-state index in [9.17, 15) is 13.9 Å². The number of aromatic hydroxyl groups is 1. The molecule has 3 atom stereocenters. The van der Waals surface area contributed by atoms with Crippen LogP contribution in [0.2, 0.25) is 0 Å². The van der Waals surface area contributed by atoms with Gasteiger partial charge in [-0.25, -0.2) is 17.6 Å². The molecule has 2 aromatic heterocycles. The van der Waals surface area contributed by atoms with Gasteiger partial charge in [0.15, 0.2) is 5.82 Å². The number of aryl methyl sites for hydroxylation is 1. The van der Waals surface area contributed by atoms with Crippen LogP contribution in [0.4, 0.5) is 23.4 Å². The molecule has 246 valence electrons. The van der Waals surface area contributed by atoms with Crippen molar-refractivity contribution >= 4 is 38.5 Å². The van der Waals surface area contributed by atoms with E-state index in [2.05, 4.69) is 21.1 Å². The van der Waals surface area contributed by atoms with E-state index in [1.807, 2.05) is 0 Å². The molecule has 2 bridgehead atoms. The molecular weight excluding hydrogens is 626 g/mol. The average molecular weight is 658 g/mol. The van der Waals surface area contributed by atoms with Gasteiger partial charge >= 0.3 is 6.01 Å². The van der Waals surface area contributed by atoms with E-state index in [0.717, 1.165) is 12.8 Å². The van der Waals surface area contributed by atoms with Crippen LogP contribution in [0.1, 0.15) is 37.0 Å². The first-order valence-electron chi connectivity index (χ1n) is 16.1. The molecule has 6 heterocycles. The van der Waals surface area contributed by atoms with Gasteiger partial charge in [-0.05, 0) is 55.8 Å². The van der Waals surface area contributed by atoms with Crippen molar-refractivity contribution in [3.05, 3.63) is 53.3 Å². The van der Waals surface area contributed by atoms with E-state index >= 15 is 8.78 Å². The number of halogens is 4. The number of benzene rings is 3. The van der Waals surface area contributed by atoms with Crippen LogP contribution < -0.4 is 15.0 Å². The summed E-state index contributed by atoms with van der Waals surface area (Å²) in [5, 5.41) is 15.9. The monoisotopic (exact) mass is 657 g/mol. The maximum atomic E-state index is 17.4. The fraction of sp³-hybridized carbons (Fsp3) is 0.389. The predicted octanol–water partition coefficient (Wildman–Crippen LogP) is 6.27. The van der Waals surface area contributed by atoms with Crippen LogP contribution in [0.5, 0.6) is 11.8 Å². The smallest absolute Gasteiger partial charge is 0.319 e. The summed E-state index contributed by atoms with van der Waals surface area (Å²) in [4.78, 5) is 13.3. The summed E-state index contributed by atoms with van der Waals surface area (Å²) >= 11 is 0. The first-order chi connectivity index (χ1) is 23.0. The predicted molar refractivity (Wildman–Crippen MR) is 173 cm³/mol. The molecule has 0 amide bonds. The van der Waals surface area contributed by atoms with Gasteiger partial charge in [0, 0.05) is 54.5 Å². The molecule has 8 nitrogen and oxygen atoms in total. The lowest BCUT2D eigenvalue weighted by atomic mass is 9.85. The average Bonchev–Trinajstić information content (AvgIpc) is 3.65. The number of phenols is 1. The lowest BCUT2D eigenvalue weighted by molar-refractivity contribution is -0.0132. The minimum Gasteiger partial charge on any atom is -0.508 e. The molecule has 9 rings (SSSR count). The van der Waals surface area contributed by atoms with E-state index in [4.69, 9.17) is 20.6 Å². The second-order valence-corrected chi connectivity index (χ2v) is 13.8. The number of nitrogens with one attached hydrogen (secondary N) is 1. The van der Waals surface area contributed by atoms with Crippen molar-refractivity contribution in [2.24, 2.45) is 0 Å². The Bertz CT molecular complexity index is 2220. The fourth-order valence-corrected chi connectivity index (χ4v) is 8.47. The van der Waals surface area contributed by atoms with Crippen molar-refractivity contribution in [3.63, 3.8) is 0 Å². The van der Waals surface area contributed by atoms with E-state index in [-0.39, 0.29) is 76.6 Å². The number of fused-ring (bicyclic) bond motifs is 7. The normalized spacial score (nSPS) is 24.7. The summed E-state index contributed by atoms with van der Waals surface area (Å²) in [6.07, 6.45) is 7.98. The third-order valence-electron chi connectivity index (χ3n) is 10.6. The SMILES string of the molecule is C#Cc1c(F)ccc2cc(O)cc(-c3c(F)c4nc(OC[C@]56CCN5CC(F)(F)C6)nc(N5CC6CCC(C5)N6)c4c4cc(C)oc34)c12. The number of nitrogens with zero attached hydrogens (tertiary/aromatic N) is 4. The number of hydrogen-bond donors (Lipinski definition) is 2. The molecule has 0 saturated carbocycles. The van der Waals surface area contributed by atoms with Crippen LogP contribution >= 0.6 is 0 Å². The van der Waals surface area contributed by atoms with Gasteiger partial charge in [0.1, 0.15) is 40.9 Å². The van der Waals surface area contributed by atoms with Gasteiger partial charge in [0.2, 0.25) is 0 Å². The number of piperazine rings is 1. The van der Waals surface area contributed by atoms with Crippen LogP contribution in [-0.4, -0.2) is 76.3 Å². The fourth-order valence-electron chi connectivity index (χ4n) is 8.47. The number of hydrogen-bond acceptors (Lipinski definition) is 8. The van der Waals surface area contributed by atoms with E-state index in [1.54, 1.807) is 17.9 Å². The summed E-state index contributed by atoms with van der Waals surface area (Å²) in [5.41, 5.74) is -0.731. The van der Waals surface area contributed by atoms with Crippen molar-refractivity contribution in [2.45, 2.75) is 56.2 Å². The number of furan rings is 1. The second kappa shape index (κ2) is 10.2. The highest BCUT2D eigenvalue weighted by Crippen LogP contribution is 2.49. The first-order valence-corrected chi connectivity index (χ1v) is 16.1. The Balaban J connectivity index is 1.29. The highest BCUT2D eigenvalue weighted by molar-refractivity contribution is 6.18. The zero-order valence-corrected chi connectivity index (χ0v) is 26.0. The van der Waals surface area contributed by atoms with Gasteiger partial charge in [-0.15, -0.1) is 6.42 Å². The Morgan fingerprint density at radius 3 is 2.62 bits per heavy atom. The standard InChI is InChI=1S/C36H31F4N5O3/c1-3-23-26(37)7-4-19-11-22(46)12-24(27(19)23)28-30(38)31-29(25-10-18(2)48-32(25)28)33(44-13-20-5-6-21(14-44)41-20)43-34(42-31)47-17-35-8-9-45(35)16-36(39,40)15-35/h1,4,7,10-12,20-21,41,46H,5-6,8-9,13-17H2,2H3/t20?,21?,35-/m1/s1. The molecule has 4 saturated heterocycles. The summed E-state index contributed by atoms with van der Waals surface area (Å²) in [6, 6.07) is 7.55. The van der Waals surface area contributed by atoms with Gasteiger partial charge in [-0.2, -0.15) is 9.97 Å². The minimum absolute atomic E-state index is 0.0521. The third kappa shape index (κ3) is 4.37. The Kier molecular flexibility index (Phi) is 6.28. The Morgan fingerprint density at radius 2 is 1.92 bits per heavy atom. The number of aromatic nitrogens is 2. The summed E-state index contributed by atoms with van der Waals surface area (Å²) in [5.74, 6) is -1.12. The number of phenolic OH excluding ortho intramolecular Hbond substituents is 1. The van der Waals surface area contributed by atoms with Gasteiger partial charge in [0.25, 0.3) is 5.92 Å². The van der Waals surface area contributed by atoms with Crippen LogP contribution in [0.3, 0.4) is 0 Å². The van der Waals surface area contributed by atoms with Crippen molar-refractivity contribution < 1.29 is 31.8 Å². The molecule has 3 aromatic carbocycles. The minimum atomic E-state index is -2.82. The third-order valence-corrected chi connectivity index (χ3v) is 10.6. The molecule has 12 heteroatoms. The molecule has 2 unspecified atom stereocenters. The zero-order valence-electron chi connectivity index (χ0n) is 26.0. The molecular formula is C36H31F4N5O3. The van der Waals surface area contributed by atoms with Gasteiger partial charge < -0.3 is 24.5 Å². The Labute approximate surface area is 272 Å². The molecule has 0 aliphatic carbocycles. The Hall–Kier alpha value is -4.60. The number of anilines is 1. The van der Waals surface area contributed by atoms with E-state index < -0.39 is 23.1 Å². The summed E-state index contributed by atoms with van der Waals surface area (Å²) in [7, 11) is 0. The molecule has 0 spiro atoms. The van der Waals surface area contributed by atoms with Crippen molar-refractivity contribution in [1.82, 2.24) is 20.2 Å². The lowest BCUT2D eigenvalue weighted by Gasteiger charge is -2.46. The second-order valence-electron chi connectivity index (χ2n) is 13.8. The molecule has 5 aromatic rings. The van der Waals surface area contributed by atoms with Crippen molar-refractivity contribution in [3.8, 4) is 35.2 Å². The number of terminal acetylenes is 1. The van der Waals surface area contributed by atoms with Gasteiger partial charge in [0.05, 0.1) is 28.6 Å². The number of ether oxygens (including phenoxy) is 1. The van der Waals surface area contributed by atoms with Crippen LogP contribution in [-0.2, 0) is 0 Å². The molecule has 4 fully saturated rings. The maximum absolute atomic E-state index is 17.4. The maximum Gasteiger partial charge on any atom is 0.319 e. The van der Waals surface area contributed by atoms with Crippen molar-refractivity contribution in [1.29, 1.82) is 0 Å².